The Hall–Kier alpha value is -3.71. The molecule has 1 saturated carbocycles. The van der Waals surface area contributed by atoms with Gasteiger partial charge in [0, 0.05) is 24.0 Å². The average molecular weight is 496 g/mol. The number of amides is 1. The molecule has 0 bridgehead atoms. The minimum Gasteiger partial charge on any atom is -0.493 e. The zero-order chi connectivity index (χ0) is 25.3. The van der Waals surface area contributed by atoms with Gasteiger partial charge in [-0.15, -0.1) is 11.3 Å². The molecule has 0 atom stereocenters. The van der Waals surface area contributed by atoms with E-state index < -0.39 is 0 Å². The second-order valence-corrected chi connectivity index (χ2v) is 9.50. The number of nitriles is 1. The number of anilines is 2. The van der Waals surface area contributed by atoms with E-state index in [1.807, 2.05) is 7.05 Å². The van der Waals surface area contributed by atoms with Gasteiger partial charge in [0.15, 0.2) is 11.5 Å². The fourth-order valence-electron chi connectivity index (χ4n) is 4.75. The van der Waals surface area contributed by atoms with E-state index in [0.717, 1.165) is 25.7 Å². The molecule has 1 fully saturated rings. The molecule has 1 aliphatic carbocycles. The van der Waals surface area contributed by atoms with Gasteiger partial charge in [-0.1, -0.05) is 19.3 Å². The third-order valence-electron chi connectivity index (χ3n) is 6.61. The summed E-state index contributed by atoms with van der Waals surface area (Å²) < 4.78 is 16.4. The Balaban J connectivity index is 1.94. The van der Waals surface area contributed by atoms with Crippen molar-refractivity contribution in [2.24, 2.45) is 0 Å². The summed E-state index contributed by atoms with van der Waals surface area (Å²) in [4.78, 5) is 20.6. The maximum atomic E-state index is 13.5. The van der Waals surface area contributed by atoms with Gasteiger partial charge in [-0.2, -0.15) is 5.26 Å². The fourth-order valence-corrected chi connectivity index (χ4v) is 5.85. The van der Waals surface area contributed by atoms with Crippen LogP contribution >= 0.6 is 11.3 Å². The highest BCUT2D eigenvalue weighted by molar-refractivity contribution is 7.21. The van der Waals surface area contributed by atoms with Gasteiger partial charge in [0.05, 0.1) is 27.0 Å². The lowest BCUT2D eigenvalue weighted by molar-refractivity contribution is 0.0702. The number of aromatic nitrogens is 1. The number of benzene rings is 1. The summed E-state index contributed by atoms with van der Waals surface area (Å²) in [5.41, 5.74) is 14.3. The number of fused-ring (bicyclic) bond motifs is 1. The molecule has 1 amide bonds. The quantitative estimate of drug-likeness (QED) is 0.512. The lowest BCUT2D eigenvalue weighted by atomic mass is 9.94. The van der Waals surface area contributed by atoms with Crippen LogP contribution in [0, 0.1) is 11.3 Å². The van der Waals surface area contributed by atoms with Gasteiger partial charge in [-0.05, 0) is 30.5 Å². The summed E-state index contributed by atoms with van der Waals surface area (Å²) in [6.45, 7) is 0. The first-order valence-corrected chi connectivity index (χ1v) is 12.2. The van der Waals surface area contributed by atoms with Crippen LogP contribution in [-0.4, -0.2) is 50.2 Å². The summed E-state index contributed by atoms with van der Waals surface area (Å²) in [5.74, 6) is 1.15. The number of carbonyl (C=O) groups is 1. The van der Waals surface area contributed by atoms with Crippen LogP contribution in [0.5, 0.6) is 17.2 Å². The van der Waals surface area contributed by atoms with Gasteiger partial charge in [0.25, 0.3) is 5.91 Å². The Morgan fingerprint density at radius 3 is 2.29 bits per heavy atom. The molecular weight excluding hydrogens is 466 g/mol. The predicted molar refractivity (Wildman–Crippen MR) is 137 cm³/mol. The maximum Gasteiger partial charge on any atom is 0.266 e. The zero-order valence-corrected chi connectivity index (χ0v) is 21.1. The lowest BCUT2D eigenvalue weighted by Gasteiger charge is -2.31. The average Bonchev–Trinajstić information content (AvgIpc) is 3.21. The van der Waals surface area contributed by atoms with E-state index in [0.29, 0.717) is 43.5 Å². The molecule has 10 heteroatoms. The molecule has 35 heavy (non-hydrogen) atoms. The molecule has 2 heterocycles. The number of nitrogen functional groups attached to an aromatic ring is 2. The first-order chi connectivity index (χ1) is 16.9. The first kappa shape index (κ1) is 24.4. The number of pyridine rings is 1. The van der Waals surface area contributed by atoms with Crippen LogP contribution in [0.2, 0.25) is 0 Å². The van der Waals surface area contributed by atoms with Crippen LogP contribution in [-0.2, 0) is 0 Å². The Bertz CT molecular complexity index is 1300. The third-order valence-corrected chi connectivity index (χ3v) is 7.69. The smallest absolute Gasteiger partial charge is 0.266 e. The number of rotatable bonds is 6. The zero-order valence-electron chi connectivity index (χ0n) is 20.3. The van der Waals surface area contributed by atoms with Crippen LogP contribution < -0.4 is 25.7 Å². The summed E-state index contributed by atoms with van der Waals surface area (Å²) in [7, 11) is 6.37. The van der Waals surface area contributed by atoms with E-state index in [9.17, 15) is 10.1 Å². The highest BCUT2D eigenvalue weighted by atomic mass is 32.1. The minimum absolute atomic E-state index is 0.0598. The first-order valence-electron chi connectivity index (χ1n) is 11.3. The molecule has 1 aromatic carbocycles. The van der Waals surface area contributed by atoms with Crippen molar-refractivity contribution in [2.45, 2.75) is 38.1 Å². The molecule has 9 nitrogen and oxygen atoms in total. The maximum absolute atomic E-state index is 13.5. The van der Waals surface area contributed by atoms with E-state index in [-0.39, 0.29) is 29.0 Å². The van der Waals surface area contributed by atoms with Crippen LogP contribution in [0.1, 0.15) is 47.3 Å². The SMILES string of the molecule is COc1cc(-c2c(C#N)c(N)nc3sc(C(=O)N(C)C4CCCCC4)c(N)c23)cc(OC)c1OC. The van der Waals surface area contributed by atoms with E-state index in [2.05, 4.69) is 11.1 Å². The normalized spacial score (nSPS) is 13.9. The van der Waals surface area contributed by atoms with Gasteiger partial charge < -0.3 is 30.6 Å². The number of carbonyl (C=O) groups excluding carboxylic acids is 1. The van der Waals surface area contributed by atoms with Crippen molar-refractivity contribution in [1.29, 1.82) is 5.26 Å². The standard InChI is InChI=1S/C25H29N5O4S/c1-30(14-8-6-5-7-9-14)25(31)22-20(27)19-18(15(12-26)23(28)29-24(19)35-22)13-10-16(32-2)21(34-4)17(11-13)33-3/h10-11,14H,5-9,27H2,1-4H3,(H2,28,29). The van der Waals surface area contributed by atoms with Gasteiger partial charge in [-0.3, -0.25) is 4.79 Å². The fraction of sp³-hybridized carbons (Fsp3) is 0.400. The summed E-state index contributed by atoms with van der Waals surface area (Å²) in [5, 5.41) is 10.5. The molecule has 0 spiro atoms. The molecular formula is C25H29N5O4S. The summed E-state index contributed by atoms with van der Waals surface area (Å²) >= 11 is 1.19. The Kier molecular flexibility index (Phi) is 6.89. The van der Waals surface area contributed by atoms with Crippen LogP contribution in [0.25, 0.3) is 21.3 Å². The van der Waals surface area contributed by atoms with Gasteiger partial charge >= 0.3 is 0 Å². The van der Waals surface area contributed by atoms with Crippen molar-refractivity contribution in [3.63, 3.8) is 0 Å². The number of ether oxygens (including phenoxy) is 3. The molecule has 0 saturated heterocycles. The highest BCUT2D eigenvalue weighted by Crippen LogP contribution is 2.47. The van der Waals surface area contributed by atoms with Gasteiger partial charge in [0.1, 0.15) is 27.2 Å². The molecule has 1 aliphatic rings. The van der Waals surface area contributed by atoms with Crippen molar-refractivity contribution in [1.82, 2.24) is 9.88 Å². The van der Waals surface area contributed by atoms with Crippen molar-refractivity contribution in [3.8, 4) is 34.4 Å². The van der Waals surface area contributed by atoms with Crippen LogP contribution in [0.4, 0.5) is 11.5 Å². The molecule has 4 rings (SSSR count). The van der Waals surface area contributed by atoms with E-state index in [4.69, 9.17) is 25.7 Å². The number of methoxy groups -OCH3 is 3. The number of hydrogen-bond donors (Lipinski definition) is 2. The molecule has 0 aliphatic heterocycles. The highest BCUT2D eigenvalue weighted by Gasteiger charge is 2.29. The van der Waals surface area contributed by atoms with Gasteiger partial charge in [-0.25, -0.2) is 4.98 Å². The van der Waals surface area contributed by atoms with Crippen molar-refractivity contribution in [2.75, 3.05) is 39.8 Å². The Labute approximate surface area is 208 Å². The Morgan fingerprint density at radius 1 is 1.11 bits per heavy atom. The lowest BCUT2D eigenvalue weighted by Crippen LogP contribution is -2.38. The topological polar surface area (TPSA) is 137 Å². The second kappa shape index (κ2) is 9.88. The molecule has 2 aromatic heterocycles. The van der Waals surface area contributed by atoms with E-state index in [1.165, 1.54) is 39.1 Å². The second-order valence-electron chi connectivity index (χ2n) is 8.51. The minimum atomic E-state index is -0.148. The largest absolute Gasteiger partial charge is 0.493 e. The summed E-state index contributed by atoms with van der Waals surface area (Å²) in [6.07, 6.45) is 5.38. The Morgan fingerprint density at radius 2 is 1.74 bits per heavy atom. The molecule has 0 unspecified atom stereocenters. The van der Waals surface area contributed by atoms with Crippen LogP contribution in [0.3, 0.4) is 0 Å². The van der Waals surface area contributed by atoms with Crippen LogP contribution in [0.15, 0.2) is 12.1 Å². The van der Waals surface area contributed by atoms with Crippen molar-refractivity contribution >= 4 is 39.0 Å². The number of nitrogens with zero attached hydrogens (tertiary/aromatic N) is 3. The molecule has 184 valence electrons. The molecule has 4 N–H and O–H groups in total. The monoisotopic (exact) mass is 495 g/mol. The van der Waals surface area contributed by atoms with Crippen molar-refractivity contribution in [3.05, 3.63) is 22.6 Å². The number of nitrogens with two attached hydrogens (primary N) is 2. The predicted octanol–water partition coefficient (Wildman–Crippen LogP) is 4.43. The molecule has 0 radical (unpaired) electrons. The number of hydrogen-bond acceptors (Lipinski definition) is 9. The summed E-state index contributed by atoms with van der Waals surface area (Å²) in [6, 6.07) is 5.79. The molecule has 3 aromatic rings. The van der Waals surface area contributed by atoms with E-state index in [1.54, 1.807) is 17.0 Å². The number of thiophene rings is 1. The van der Waals surface area contributed by atoms with E-state index >= 15 is 0 Å². The van der Waals surface area contributed by atoms with Crippen molar-refractivity contribution < 1.29 is 19.0 Å². The van der Waals surface area contributed by atoms with Gasteiger partial charge in [0.2, 0.25) is 5.75 Å². The third kappa shape index (κ3) is 4.17.